The van der Waals surface area contributed by atoms with E-state index in [1.807, 2.05) is 60.7 Å². The molecule has 2 aliphatic heterocycles. The van der Waals surface area contributed by atoms with E-state index in [0.717, 1.165) is 35.3 Å². The third-order valence-corrected chi connectivity index (χ3v) is 10.3. The maximum absolute atomic E-state index is 14.3. The molecule has 2 amide bonds. The van der Waals surface area contributed by atoms with Crippen LogP contribution in [-0.4, -0.2) is 54.8 Å². The lowest BCUT2D eigenvalue weighted by Gasteiger charge is -2.42. The van der Waals surface area contributed by atoms with Crippen LogP contribution in [0.2, 0.25) is 0 Å². The molecular weight excluding hydrogens is 568 g/mol. The van der Waals surface area contributed by atoms with Crippen molar-refractivity contribution in [3.63, 3.8) is 0 Å². The molecule has 3 aliphatic carbocycles. The van der Waals surface area contributed by atoms with Crippen molar-refractivity contribution in [2.45, 2.75) is 25.7 Å². The fraction of sp³-hybridized carbons (Fsp3) is 0.297. The summed E-state index contributed by atoms with van der Waals surface area (Å²) in [5.41, 5.74) is 4.51. The van der Waals surface area contributed by atoms with Gasteiger partial charge < -0.3 is 14.7 Å². The number of anilines is 2. The first kappa shape index (κ1) is 27.7. The number of morpholine rings is 1. The first-order chi connectivity index (χ1) is 21.8. The minimum Gasteiger partial charge on any atom is -0.507 e. The zero-order valence-electron chi connectivity index (χ0n) is 24.9. The number of fused-ring (bicyclic) bond motifs is 4. The highest BCUT2D eigenvalue weighted by atomic mass is 16.5. The Morgan fingerprint density at radius 1 is 0.822 bits per heavy atom. The molecule has 0 spiro atoms. The van der Waals surface area contributed by atoms with Gasteiger partial charge >= 0.3 is 0 Å². The van der Waals surface area contributed by atoms with E-state index in [1.165, 1.54) is 11.0 Å². The van der Waals surface area contributed by atoms with Crippen molar-refractivity contribution in [2.24, 2.45) is 17.8 Å². The lowest BCUT2D eigenvalue weighted by Crippen LogP contribution is -2.40. The molecule has 0 radical (unpaired) electrons. The van der Waals surface area contributed by atoms with E-state index in [9.17, 15) is 24.3 Å². The molecule has 3 aromatic rings. The fourth-order valence-electron chi connectivity index (χ4n) is 8.16. The molecule has 5 aliphatic rings. The number of aromatic hydroxyl groups is 1. The number of carbonyl (C=O) groups excluding carboxylic acids is 4. The Morgan fingerprint density at radius 3 is 2.29 bits per heavy atom. The van der Waals surface area contributed by atoms with Crippen LogP contribution in [0.1, 0.15) is 31.2 Å². The highest BCUT2D eigenvalue weighted by Gasteiger charge is 2.56. The van der Waals surface area contributed by atoms with E-state index >= 15 is 0 Å². The number of phenols is 1. The van der Waals surface area contributed by atoms with Gasteiger partial charge in [-0.2, -0.15) is 0 Å². The molecule has 4 atom stereocenters. The molecule has 8 heteroatoms. The second kappa shape index (κ2) is 10.4. The molecule has 0 saturated carbocycles. The van der Waals surface area contributed by atoms with Crippen molar-refractivity contribution in [2.75, 3.05) is 36.1 Å². The number of allylic oxidation sites excluding steroid dienone is 6. The lowest BCUT2D eigenvalue weighted by atomic mass is 9.59. The van der Waals surface area contributed by atoms with E-state index in [-0.39, 0.29) is 35.6 Å². The quantitative estimate of drug-likeness (QED) is 0.256. The minimum absolute atomic E-state index is 0.127. The van der Waals surface area contributed by atoms with E-state index in [0.29, 0.717) is 47.4 Å². The third kappa shape index (κ3) is 4.15. The summed E-state index contributed by atoms with van der Waals surface area (Å²) >= 11 is 0. The maximum Gasteiger partial charge on any atom is 0.238 e. The van der Waals surface area contributed by atoms with Gasteiger partial charge in [-0.15, -0.1) is 0 Å². The Morgan fingerprint density at radius 2 is 1.53 bits per heavy atom. The van der Waals surface area contributed by atoms with E-state index in [4.69, 9.17) is 4.74 Å². The Hall–Kier alpha value is -4.82. The van der Waals surface area contributed by atoms with Gasteiger partial charge in [-0.25, -0.2) is 0 Å². The molecular formula is C37H32N2O6. The number of ether oxygens (including phenoxy) is 1. The predicted molar refractivity (Wildman–Crippen MR) is 169 cm³/mol. The molecule has 4 unspecified atom stereocenters. The minimum atomic E-state index is -0.647. The SMILES string of the molecule is CC1=CC(=O)C2=C(C1=O)C(c1ccc(O)c3ccccc13)C1=CCC3C(=O)N(c4ccc(N5CCOCC5)cc4)C(=O)C3C1C2. The van der Waals surface area contributed by atoms with Crippen molar-refractivity contribution in [3.8, 4) is 5.75 Å². The van der Waals surface area contributed by atoms with Gasteiger partial charge in [0, 0.05) is 46.8 Å². The van der Waals surface area contributed by atoms with Crippen molar-refractivity contribution < 1.29 is 29.0 Å². The molecule has 1 N–H and O–H groups in total. The molecule has 8 rings (SSSR count). The lowest BCUT2D eigenvalue weighted by molar-refractivity contribution is -0.123. The van der Waals surface area contributed by atoms with Gasteiger partial charge in [-0.1, -0.05) is 42.0 Å². The first-order valence-electron chi connectivity index (χ1n) is 15.5. The zero-order chi connectivity index (χ0) is 31.0. The van der Waals surface area contributed by atoms with Crippen LogP contribution in [0.15, 0.2) is 95.1 Å². The standard InChI is InChI=1S/C37H32N2O6/c1-20-18-31(41)29-19-28-26(32(34(29)35(20)42)25-12-13-30(40)24-5-3-2-4-23(24)25)10-11-27-33(28)37(44)39(36(27)43)22-8-6-21(7-9-22)38-14-16-45-17-15-38/h2-10,12-13,18,27-28,32-33,40H,11,14-17,19H2,1H3. The van der Waals surface area contributed by atoms with E-state index in [2.05, 4.69) is 4.90 Å². The summed E-state index contributed by atoms with van der Waals surface area (Å²) in [6.07, 6.45) is 4.02. The third-order valence-electron chi connectivity index (χ3n) is 10.3. The second-order valence-corrected chi connectivity index (χ2v) is 12.6. The zero-order valence-corrected chi connectivity index (χ0v) is 24.9. The number of Topliss-reactive ketones (excluding diaryl/α,β-unsaturated/α-hetero) is 1. The van der Waals surface area contributed by atoms with Crippen molar-refractivity contribution in [3.05, 3.63) is 101 Å². The summed E-state index contributed by atoms with van der Waals surface area (Å²) in [6, 6.07) is 18.4. The summed E-state index contributed by atoms with van der Waals surface area (Å²) in [7, 11) is 0. The number of hydrogen-bond acceptors (Lipinski definition) is 7. The van der Waals surface area contributed by atoms with Gasteiger partial charge in [0.2, 0.25) is 11.8 Å². The topological polar surface area (TPSA) is 104 Å². The Labute approximate surface area is 260 Å². The molecule has 0 bridgehead atoms. The summed E-state index contributed by atoms with van der Waals surface area (Å²) in [6.45, 7) is 4.55. The van der Waals surface area contributed by atoms with Crippen LogP contribution < -0.4 is 9.80 Å². The van der Waals surface area contributed by atoms with Crippen LogP contribution in [0.5, 0.6) is 5.75 Å². The van der Waals surface area contributed by atoms with Gasteiger partial charge in [0.1, 0.15) is 5.75 Å². The van der Waals surface area contributed by atoms with Gasteiger partial charge in [0.05, 0.1) is 30.7 Å². The van der Waals surface area contributed by atoms with Crippen molar-refractivity contribution in [1.82, 2.24) is 0 Å². The number of carbonyl (C=O) groups is 4. The van der Waals surface area contributed by atoms with E-state index in [1.54, 1.807) is 13.0 Å². The number of ketones is 2. The molecule has 2 heterocycles. The van der Waals surface area contributed by atoms with Gasteiger partial charge in [0.25, 0.3) is 0 Å². The van der Waals surface area contributed by atoms with Crippen LogP contribution >= 0.6 is 0 Å². The van der Waals surface area contributed by atoms with Gasteiger partial charge in [-0.3, -0.25) is 24.1 Å². The number of imide groups is 1. The average Bonchev–Trinajstić information content (AvgIpc) is 3.33. The summed E-state index contributed by atoms with van der Waals surface area (Å²) in [4.78, 5) is 59.0. The van der Waals surface area contributed by atoms with Crippen LogP contribution in [0, 0.1) is 17.8 Å². The number of benzene rings is 3. The van der Waals surface area contributed by atoms with Crippen LogP contribution in [0.4, 0.5) is 11.4 Å². The summed E-state index contributed by atoms with van der Waals surface area (Å²) < 4.78 is 5.46. The molecule has 0 aromatic heterocycles. The fourth-order valence-corrected chi connectivity index (χ4v) is 8.16. The molecule has 2 fully saturated rings. The van der Waals surface area contributed by atoms with Crippen LogP contribution in [0.25, 0.3) is 10.8 Å². The Balaban J connectivity index is 1.21. The second-order valence-electron chi connectivity index (χ2n) is 12.6. The molecule has 8 nitrogen and oxygen atoms in total. The van der Waals surface area contributed by atoms with Crippen LogP contribution in [0.3, 0.4) is 0 Å². The highest BCUT2D eigenvalue weighted by molar-refractivity contribution is 6.25. The largest absolute Gasteiger partial charge is 0.507 e. The Bertz CT molecular complexity index is 1910. The monoisotopic (exact) mass is 600 g/mol. The number of hydrogen-bond donors (Lipinski definition) is 1. The first-order valence-corrected chi connectivity index (χ1v) is 15.5. The number of amides is 2. The van der Waals surface area contributed by atoms with Gasteiger partial charge in [-0.05, 0) is 73.0 Å². The van der Waals surface area contributed by atoms with Crippen molar-refractivity contribution >= 4 is 45.5 Å². The van der Waals surface area contributed by atoms with E-state index < -0.39 is 23.7 Å². The average molecular weight is 601 g/mol. The molecule has 226 valence electrons. The summed E-state index contributed by atoms with van der Waals surface area (Å²) in [5.74, 6) is -2.95. The normalized spacial score (nSPS) is 26.5. The smallest absolute Gasteiger partial charge is 0.238 e. The number of rotatable bonds is 3. The highest BCUT2D eigenvalue weighted by Crippen LogP contribution is 2.56. The van der Waals surface area contributed by atoms with Gasteiger partial charge in [0.15, 0.2) is 11.6 Å². The summed E-state index contributed by atoms with van der Waals surface area (Å²) in [5, 5.41) is 12.1. The maximum atomic E-state index is 14.3. The Kier molecular flexibility index (Phi) is 6.39. The molecule has 3 aromatic carbocycles. The molecule has 2 saturated heterocycles. The van der Waals surface area contributed by atoms with Crippen LogP contribution in [-0.2, 0) is 23.9 Å². The number of phenolic OH excluding ortho intramolecular Hbond substituents is 1. The molecule has 45 heavy (non-hydrogen) atoms. The van der Waals surface area contributed by atoms with Crippen molar-refractivity contribution in [1.29, 1.82) is 0 Å². The number of nitrogens with zero attached hydrogens (tertiary/aromatic N) is 2. The predicted octanol–water partition coefficient (Wildman–Crippen LogP) is 5.02.